The van der Waals surface area contributed by atoms with Gasteiger partial charge in [-0.25, -0.2) is 4.79 Å². The van der Waals surface area contributed by atoms with Gasteiger partial charge < -0.3 is 4.74 Å². The minimum Gasteiger partial charge on any atom is -0.444 e. The molecule has 2 bridgehead atoms. The van der Waals surface area contributed by atoms with E-state index >= 15 is 0 Å². The normalized spacial score (nSPS) is 28.1. The highest BCUT2D eigenvalue weighted by molar-refractivity contribution is 6.00. The second-order valence-electron chi connectivity index (χ2n) is 8.47. The number of benzene rings is 1. The average Bonchev–Trinajstić information content (AvgIpc) is 3.17. The Bertz CT molecular complexity index is 717. The van der Waals surface area contributed by atoms with Crippen molar-refractivity contribution in [3.8, 4) is 0 Å². The Labute approximate surface area is 143 Å². The molecule has 4 heteroatoms. The lowest BCUT2D eigenvalue weighted by Crippen LogP contribution is -2.50. The summed E-state index contributed by atoms with van der Waals surface area (Å²) in [6, 6.07) is 6.87. The summed E-state index contributed by atoms with van der Waals surface area (Å²) in [5, 5.41) is 0. The maximum Gasteiger partial charge on any atom is 0.411 e. The van der Waals surface area contributed by atoms with Gasteiger partial charge in [-0.05, 0) is 64.5 Å². The van der Waals surface area contributed by atoms with Gasteiger partial charge in [0.05, 0.1) is 11.7 Å². The highest BCUT2D eigenvalue weighted by Crippen LogP contribution is 2.45. The number of aryl methyl sites for hydroxylation is 1. The Balaban J connectivity index is 1.61. The zero-order valence-corrected chi connectivity index (χ0v) is 15.0. The Hall–Kier alpha value is -1.84. The molecule has 1 aromatic rings. The van der Waals surface area contributed by atoms with Crippen LogP contribution in [0.2, 0.25) is 0 Å². The average molecular weight is 326 g/mol. The highest BCUT2D eigenvalue weighted by atomic mass is 16.6. The van der Waals surface area contributed by atoms with Crippen molar-refractivity contribution < 1.29 is 9.53 Å². The zero-order valence-electron chi connectivity index (χ0n) is 15.0. The summed E-state index contributed by atoms with van der Waals surface area (Å²) < 4.78 is 5.69. The number of hydrogen-bond acceptors (Lipinski definition) is 3. The second-order valence-corrected chi connectivity index (χ2v) is 8.47. The van der Waals surface area contributed by atoms with Crippen molar-refractivity contribution in [3.05, 3.63) is 29.3 Å². The van der Waals surface area contributed by atoms with E-state index in [2.05, 4.69) is 25.1 Å². The first-order valence-corrected chi connectivity index (χ1v) is 9.00. The van der Waals surface area contributed by atoms with E-state index in [1.54, 1.807) is 0 Å². The molecule has 1 aromatic carbocycles. The number of fused-ring (bicyclic) bond motifs is 3. The van der Waals surface area contributed by atoms with E-state index in [0.29, 0.717) is 12.0 Å². The maximum atomic E-state index is 12.8. The molecule has 1 aliphatic carbocycles. The number of aliphatic imine (C=N–C) groups is 1. The van der Waals surface area contributed by atoms with Gasteiger partial charge in [-0.2, -0.15) is 0 Å². The van der Waals surface area contributed by atoms with Gasteiger partial charge in [-0.3, -0.25) is 9.89 Å². The van der Waals surface area contributed by atoms with Gasteiger partial charge in [0.1, 0.15) is 5.60 Å². The van der Waals surface area contributed by atoms with Crippen molar-refractivity contribution in [2.45, 2.75) is 71.1 Å². The van der Waals surface area contributed by atoms with Gasteiger partial charge >= 0.3 is 6.09 Å². The van der Waals surface area contributed by atoms with Crippen LogP contribution in [0.4, 0.5) is 10.5 Å². The molecule has 0 radical (unpaired) electrons. The molecule has 4 rings (SSSR count). The molecule has 0 N–H and O–H groups in total. The molecule has 0 spiro atoms. The summed E-state index contributed by atoms with van der Waals surface area (Å²) in [6.07, 6.45) is 4.08. The van der Waals surface area contributed by atoms with Crippen molar-refractivity contribution in [3.63, 3.8) is 0 Å². The van der Waals surface area contributed by atoms with E-state index in [0.717, 1.165) is 30.7 Å². The van der Waals surface area contributed by atoms with Crippen LogP contribution in [0.5, 0.6) is 0 Å². The first-order chi connectivity index (χ1) is 11.3. The van der Waals surface area contributed by atoms with Crippen molar-refractivity contribution in [2.75, 3.05) is 0 Å². The third-order valence-corrected chi connectivity index (χ3v) is 5.40. The first-order valence-electron chi connectivity index (χ1n) is 9.00. The summed E-state index contributed by atoms with van der Waals surface area (Å²) in [6.45, 7) is 7.91. The molecule has 1 saturated carbocycles. The fourth-order valence-electron chi connectivity index (χ4n) is 4.52. The number of carbonyl (C=O) groups is 1. The van der Waals surface area contributed by atoms with Crippen molar-refractivity contribution in [1.82, 2.24) is 4.90 Å². The second kappa shape index (κ2) is 5.33. The fraction of sp³-hybridized carbons (Fsp3) is 0.600. The largest absolute Gasteiger partial charge is 0.444 e. The van der Waals surface area contributed by atoms with Crippen LogP contribution >= 0.6 is 0 Å². The van der Waals surface area contributed by atoms with E-state index in [-0.39, 0.29) is 12.1 Å². The topological polar surface area (TPSA) is 41.9 Å². The Kier molecular flexibility index (Phi) is 3.48. The Morgan fingerprint density at radius 2 is 2.08 bits per heavy atom. The number of amides is 1. The summed E-state index contributed by atoms with van der Waals surface area (Å²) >= 11 is 0. The summed E-state index contributed by atoms with van der Waals surface area (Å²) in [7, 11) is 0. The van der Waals surface area contributed by atoms with Gasteiger partial charge in [0, 0.05) is 18.2 Å². The van der Waals surface area contributed by atoms with Crippen LogP contribution in [-0.2, 0) is 11.2 Å². The van der Waals surface area contributed by atoms with Crippen molar-refractivity contribution in [2.24, 2.45) is 10.9 Å². The summed E-state index contributed by atoms with van der Waals surface area (Å²) in [5.41, 5.74) is 4.32. The fourth-order valence-corrected chi connectivity index (χ4v) is 4.52. The Morgan fingerprint density at radius 1 is 1.29 bits per heavy atom. The lowest BCUT2D eigenvalue weighted by Gasteiger charge is -2.36. The van der Waals surface area contributed by atoms with Gasteiger partial charge in [-0.15, -0.1) is 0 Å². The predicted molar refractivity (Wildman–Crippen MR) is 95.0 cm³/mol. The number of likely N-dealkylation sites (tertiary alicyclic amines) is 1. The minimum absolute atomic E-state index is 0.117. The van der Waals surface area contributed by atoms with E-state index in [9.17, 15) is 4.79 Å². The summed E-state index contributed by atoms with van der Waals surface area (Å²) in [5.74, 6) is 0.539. The Morgan fingerprint density at radius 3 is 2.83 bits per heavy atom. The molecule has 24 heavy (non-hydrogen) atoms. The zero-order chi connectivity index (χ0) is 17.1. The monoisotopic (exact) mass is 326 g/mol. The van der Waals surface area contributed by atoms with Gasteiger partial charge in [-0.1, -0.05) is 17.7 Å². The third kappa shape index (κ3) is 2.62. The molecular weight excluding hydrogens is 300 g/mol. The number of piperidine rings is 1. The molecule has 0 unspecified atom stereocenters. The molecule has 2 heterocycles. The lowest BCUT2D eigenvalue weighted by molar-refractivity contribution is 0.0142. The SMILES string of the molecule is Cc1ccc2c(c1)CC([C@@H]1[C@H]3CC[C@H](C3)N1C(=O)OC(C)(C)C)=N2. The standard InChI is InChI=1S/C20H26N2O2/c1-12-5-8-16-14(9-12)11-17(21-16)18-13-6-7-15(10-13)22(18)19(23)24-20(2,3)4/h5,8-9,13,15,18H,6-7,10-11H2,1-4H3/t13-,15+,18-/m0/s1. The molecule has 3 atom stereocenters. The minimum atomic E-state index is -0.457. The maximum absolute atomic E-state index is 12.8. The van der Waals surface area contributed by atoms with E-state index in [1.807, 2.05) is 25.7 Å². The summed E-state index contributed by atoms with van der Waals surface area (Å²) in [4.78, 5) is 19.7. The molecule has 2 aliphatic heterocycles. The van der Waals surface area contributed by atoms with Crippen LogP contribution in [0, 0.1) is 12.8 Å². The van der Waals surface area contributed by atoms with Crippen LogP contribution in [-0.4, -0.2) is 34.4 Å². The van der Waals surface area contributed by atoms with Crippen LogP contribution in [0.15, 0.2) is 23.2 Å². The number of rotatable bonds is 1. The lowest BCUT2D eigenvalue weighted by atomic mass is 9.92. The van der Waals surface area contributed by atoms with Crippen LogP contribution in [0.25, 0.3) is 0 Å². The smallest absolute Gasteiger partial charge is 0.411 e. The van der Waals surface area contributed by atoms with Crippen molar-refractivity contribution >= 4 is 17.5 Å². The number of carbonyl (C=O) groups excluding carboxylic acids is 1. The van der Waals surface area contributed by atoms with Gasteiger partial charge in [0.2, 0.25) is 0 Å². The van der Waals surface area contributed by atoms with Crippen molar-refractivity contribution in [1.29, 1.82) is 0 Å². The number of nitrogens with zero attached hydrogens (tertiary/aromatic N) is 2. The van der Waals surface area contributed by atoms with Crippen LogP contribution in [0.3, 0.4) is 0 Å². The van der Waals surface area contributed by atoms with Gasteiger partial charge in [0.15, 0.2) is 0 Å². The van der Waals surface area contributed by atoms with Gasteiger partial charge in [0.25, 0.3) is 0 Å². The molecule has 3 aliphatic rings. The first kappa shape index (κ1) is 15.7. The van der Waals surface area contributed by atoms with Crippen LogP contribution < -0.4 is 0 Å². The highest BCUT2D eigenvalue weighted by Gasteiger charge is 2.51. The van der Waals surface area contributed by atoms with E-state index in [1.165, 1.54) is 17.5 Å². The molecule has 4 nitrogen and oxygen atoms in total. The molecular formula is C20H26N2O2. The third-order valence-electron chi connectivity index (χ3n) is 5.40. The quantitative estimate of drug-likeness (QED) is 0.767. The predicted octanol–water partition coefficient (Wildman–Crippen LogP) is 4.41. The molecule has 0 aromatic heterocycles. The van der Waals surface area contributed by atoms with Crippen LogP contribution in [0.1, 0.15) is 51.2 Å². The molecule has 2 fully saturated rings. The number of ether oxygens (including phenoxy) is 1. The number of hydrogen-bond donors (Lipinski definition) is 0. The van der Waals surface area contributed by atoms with E-state index < -0.39 is 5.60 Å². The van der Waals surface area contributed by atoms with E-state index in [4.69, 9.17) is 9.73 Å². The molecule has 128 valence electrons. The molecule has 1 amide bonds. The molecule has 1 saturated heterocycles.